The zero-order valence-corrected chi connectivity index (χ0v) is 12.3. The van der Waals surface area contributed by atoms with Crippen LogP contribution in [0.25, 0.3) is 0 Å². The molecule has 3 N–H and O–H groups in total. The van der Waals surface area contributed by atoms with Crippen LogP contribution in [-0.4, -0.2) is 17.6 Å². The minimum atomic E-state index is -1.00. The Morgan fingerprint density at radius 1 is 1.30 bits per heavy atom. The number of aryl methyl sites for hydroxylation is 2. The summed E-state index contributed by atoms with van der Waals surface area (Å²) in [7, 11) is 0. The lowest BCUT2D eigenvalue weighted by atomic mass is 9.76. The molecule has 3 nitrogen and oxygen atoms in total. The minimum Gasteiger partial charge on any atom is -0.481 e. The highest BCUT2D eigenvalue weighted by molar-refractivity contribution is 7.07. The highest BCUT2D eigenvalue weighted by atomic mass is 32.1. The molecule has 1 aromatic heterocycles. The quantitative estimate of drug-likeness (QED) is 0.859. The Hall–Kier alpha value is -1.65. The van der Waals surface area contributed by atoms with E-state index in [1.54, 1.807) is 11.3 Å². The smallest absolute Gasteiger partial charge is 0.315 e. The molecule has 0 aliphatic heterocycles. The number of nitrogens with two attached hydrogens (primary N) is 1. The fraction of sp³-hybridized carbons (Fsp3) is 0.312. The van der Waals surface area contributed by atoms with Crippen molar-refractivity contribution in [3.8, 4) is 0 Å². The van der Waals surface area contributed by atoms with Crippen LogP contribution in [0.1, 0.15) is 23.1 Å². The van der Waals surface area contributed by atoms with Crippen LogP contribution in [0.15, 0.2) is 41.1 Å². The molecule has 0 spiro atoms. The second-order valence-corrected chi connectivity index (χ2v) is 5.87. The third-order valence-electron chi connectivity index (χ3n) is 3.78. The van der Waals surface area contributed by atoms with Crippen LogP contribution in [0.5, 0.6) is 0 Å². The Balaban J connectivity index is 2.29. The number of carbonyl (C=O) groups is 1. The lowest BCUT2D eigenvalue weighted by Gasteiger charge is -2.28. The van der Waals surface area contributed by atoms with Crippen molar-refractivity contribution < 1.29 is 9.90 Å². The highest BCUT2D eigenvalue weighted by Crippen LogP contribution is 2.30. The summed E-state index contributed by atoms with van der Waals surface area (Å²) < 4.78 is 0. The summed E-state index contributed by atoms with van der Waals surface area (Å²) in [5, 5.41) is 13.8. The van der Waals surface area contributed by atoms with E-state index < -0.39 is 11.4 Å². The van der Waals surface area contributed by atoms with E-state index in [9.17, 15) is 9.90 Å². The van der Waals surface area contributed by atoms with Crippen molar-refractivity contribution in [2.24, 2.45) is 5.73 Å². The average Bonchev–Trinajstić information content (AvgIpc) is 2.94. The summed E-state index contributed by atoms with van der Waals surface area (Å²) in [4.78, 5) is 11.8. The van der Waals surface area contributed by atoms with Crippen LogP contribution in [0, 0.1) is 6.92 Å². The van der Waals surface area contributed by atoms with Gasteiger partial charge in [-0.05, 0) is 47.7 Å². The van der Waals surface area contributed by atoms with E-state index in [0.717, 1.165) is 17.5 Å². The van der Waals surface area contributed by atoms with Crippen molar-refractivity contribution in [1.29, 1.82) is 0 Å². The molecule has 0 aliphatic rings. The van der Waals surface area contributed by atoms with Crippen molar-refractivity contribution in [3.63, 3.8) is 0 Å². The number of carboxylic acids is 1. The normalized spacial score (nSPS) is 13.9. The molecule has 0 amide bonds. The van der Waals surface area contributed by atoms with E-state index in [1.165, 1.54) is 5.56 Å². The Morgan fingerprint density at radius 2 is 2.00 bits per heavy atom. The Morgan fingerprint density at radius 3 is 2.50 bits per heavy atom. The summed E-state index contributed by atoms with van der Waals surface area (Å²) in [6, 6.07) is 9.66. The summed E-state index contributed by atoms with van der Waals surface area (Å²) in [6.45, 7) is 2.09. The standard InChI is InChI=1S/C16H19NO2S/c1-12-2-4-14(5-3-12)16(11-17,15(18)19)8-6-13-7-9-20-10-13/h2-5,7,9-10H,6,8,11,17H2,1H3,(H,18,19). The highest BCUT2D eigenvalue weighted by Gasteiger charge is 2.38. The van der Waals surface area contributed by atoms with Gasteiger partial charge in [0, 0.05) is 6.54 Å². The van der Waals surface area contributed by atoms with E-state index >= 15 is 0 Å². The first kappa shape index (κ1) is 14.8. The van der Waals surface area contributed by atoms with Crippen LogP contribution in [-0.2, 0) is 16.6 Å². The SMILES string of the molecule is Cc1ccc(C(CN)(CCc2ccsc2)C(=O)O)cc1. The van der Waals surface area contributed by atoms with Gasteiger partial charge in [-0.1, -0.05) is 29.8 Å². The largest absolute Gasteiger partial charge is 0.481 e. The number of carboxylic acid groups (broad SMARTS) is 1. The van der Waals surface area contributed by atoms with Crippen LogP contribution >= 0.6 is 11.3 Å². The third kappa shape index (κ3) is 2.92. The van der Waals surface area contributed by atoms with Gasteiger partial charge in [-0.3, -0.25) is 4.79 Å². The van der Waals surface area contributed by atoms with Gasteiger partial charge < -0.3 is 10.8 Å². The molecule has 2 aromatic rings. The molecule has 0 aliphatic carbocycles. The predicted octanol–water partition coefficient (Wildman–Crippen LogP) is 2.97. The minimum absolute atomic E-state index is 0.107. The van der Waals surface area contributed by atoms with Gasteiger partial charge in [0.1, 0.15) is 5.41 Å². The molecule has 0 radical (unpaired) electrons. The van der Waals surface area contributed by atoms with Crippen molar-refractivity contribution in [2.45, 2.75) is 25.2 Å². The first-order valence-corrected chi connectivity index (χ1v) is 7.54. The summed E-state index contributed by atoms with van der Waals surface area (Å²) in [5.74, 6) is -0.848. The number of aliphatic carboxylic acids is 1. The van der Waals surface area contributed by atoms with Crippen LogP contribution < -0.4 is 5.73 Å². The summed E-state index contributed by atoms with van der Waals surface area (Å²) in [6.07, 6.45) is 1.24. The molecule has 1 aromatic carbocycles. The van der Waals surface area contributed by atoms with E-state index in [-0.39, 0.29) is 6.54 Å². The molecule has 1 unspecified atom stereocenters. The molecular weight excluding hydrogens is 270 g/mol. The fourth-order valence-electron chi connectivity index (χ4n) is 2.35. The zero-order chi connectivity index (χ0) is 14.6. The third-order valence-corrected chi connectivity index (χ3v) is 4.51. The van der Waals surface area contributed by atoms with Gasteiger partial charge in [-0.25, -0.2) is 0 Å². The van der Waals surface area contributed by atoms with Gasteiger partial charge in [-0.2, -0.15) is 11.3 Å². The predicted molar refractivity (Wildman–Crippen MR) is 82.2 cm³/mol. The lowest BCUT2D eigenvalue weighted by Crippen LogP contribution is -2.43. The second-order valence-electron chi connectivity index (χ2n) is 5.09. The van der Waals surface area contributed by atoms with Gasteiger partial charge in [0.05, 0.1) is 0 Å². The summed E-state index contributed by atoms with van der Waals surface area (Å²) in [5.41, 5.74) is 7.90. The number of rotatable bonds is 6. The molecule has 1 atom stereocenters. The maximum absolute atomic E-state index is 11.8. The van der Waals surface area contributed by atoms with Crippen molar-refractivity contribution in [2.75, 3.05) is 6.54 Å². The monoisotopic (exact) mass is 289 g/mol. The Kier molecular flexibility index (Phi) is 4.57. The van der Waals surface area contributed by atoms with Crippen LogP contribution in [0.4, 0.5) is 0 Å². The molecule has 20 heavy (non-hydrogen) atoms. The lowest BCUT2D eigenvalue weighted by molar-refractivity contribution is -0.143. The molecule has 106 valence electrons. The fourth-order valence-corrected chi connectivity index (χ4v) is 3.05. The Labute approximate surface area is 123 Å². The van der Waals surface area contributed by atoms with E-state index in [1.807, 2.05) is 42.6 Å². The molecule has 0 bridgehead atoms. The van der Waals surface area contributed by atoms with Gasteiger partial charge in [0.2, 0.25) is 0 Å². The number of thiophene rings is 1. The van der Waals surface area contributed by atoms with Gasteiger partial charge >= 0.3 is 5.97 Å². The summed E-state index contributed by atoms with van der Waals surface area (Å²) >= 11 is 1.63. The van der Waals surface area contributed by atoms with Crippen LogP contribution in [0.3, 0.4) is 0 Å². The molecule has 0 fully saturated rings. The molecule has 0 saturated carbocycles. The van der Waals surface area contributed by atoms with Gasteiger partial charge in [0.15, 0.2) is 0 Å². The topological polar surface area (TPSA) is 63.3 Å². The molecule has 1 heterocycles. The number of benzene rings is 1. The maximum Gasteiger partial charge on any atom is 0.315 e. The molecule has 0 saturated heterocycles. The van der Waals surface area contributed by atoms with Crippen molar-refractivity contribution in [3.05, 3.63) is 57.8 Å². The maximum atomic E-state index is 11.8. The van der Waals surface area contributed by atoms with Crippen molar-refractivity contribution >= 4 is 17.3 Å². The Bertz CT molecular complexity index is 563. The first-order valence-electron chi connectivity index (χ1n) is 6.60. The van der Waals surface area contributed by atoms with Crippen LogP contribution in [0.2, 0.25) is 0 Å². The number of hydrogen-bond donors (Lipinski definition) is 2. The van der Waals surface area contributed by atoms with E-state index in [2.05, 4.69) is 5.38 Å². The second kappa shape index (κ2) is 6.20. The first-order chi connectivity index (χ1) is 9.58. The number of hydrogen-bond acceptors (Lipinski definition) is 3. The zero-order valence-electron chi connectivity index (χ0n) is 11.5. The molecule has 2 rings (SSSR count). The van der Waals surface area contributed by atoms with Gasteiger partial charge in [-0.15, -0.1) is 0 Å². The average molecular weight is 289 g/mol. The van der Waals surface area contributed by atoms with Gasteiger partial charge in [0.25, 0.3) is 0 Å². The molecule has 4 heteroatoms. The van der Waals surface area contributed by atoms with E-state index in [0.29, 0.717) is 6.42 Å². The van der Waals surface area contributed by atoms with Crippen molar-refractivity contribution in [1.82, 2.24) is 0 Å². The van der Waals surface area contributed by atoms with E-state index in [4.69, 9.17) is 5.73 Å². The molecular formula is C16H19NO2S.